The van der Waals surface area contributed by atoms with Crippen LogP contribution in [0.25, 0.3) is 0 Å². The molecule has 0 bridgehead atoms. The quantitative estimate of drug-likeness (QED) is 0.391. The second-order valence-corrected chi connectivity index (χ2v) is 9.30. The third-order valence-electron chi connectivity index (χ3n) is 7.39. The SMILES string of the molecule is CCCCCCc1ccc([C@H]2CC[C@H]([C@H]3CC[C@H](C=C(F)F)CC3)CC2)cc1. The fraction of sp³-hybridized carbons (Fsp3) is 0.692. The summed E-state index contributed by atoms with van der Waals surface area (Å²) in [5.41, 5.74) is 3.02. The van der Waals surface area contributed by atoms with Crippen LogP contribution in [0.1, 0.15) is 101 Å². The number of hydrogen-bond donors (Lipinski definition) is 0. The highest BCUT2D eigenvalue weighted by Crippen LogP contribution is 2.44. The first kappa shape index (κ1) is 21.5. The first-order chi connectivity index (χ1) is 13.7. The molecular weight excluding hydrogens is 350 g/mol. The van der Waals surface area contributed by atoms with E-state index in [-0.39, 0.29) is 5.92 Å². The largest absolute Gasteiger partial charge is 0.266 e. The summed E-state index contributed by atoms with van der Waals surface area (Å²) in [6.07, 6.45) is 15.7. The molecule has 0 heterocycles. The van der Waals surface area contributed by atoms with E-state index in [1.165, 1.54) is 75.0 Å². The van der Waals surface area contributed by atoms with E-state index in [1.807, 2.05) is 0 Å². The summed E-state index contributed by atoms with van der Waals surface area (Å²) in [5, 5.41) is 0. The Hall–Kier alpha value is -1.18. The molecule has 0 spiro atoms. The summed E-state index contributed by atoms with van der Waals surface area (Å²) >= 11 is 0. The third-order valence-corrected chi connectivity index (χ3v) is 7.39. The highest BCUT2D eigenvalue weighted by atomic mass is 19.3. The smallest absolute Gasteiger partial charge is 0.174 e. The molecule has 2 aliphatic rings. The van der Waals surface area contributed by atoms with Gasteiger partial charge in [-0.15, -0.1) is 0 Å². The van der Waals surface area contributed by atoms with Gasteiger partial charge in [0.2, 0.25) is 0 Å². The van der Waals surface area contributed by atoms with Crippen molar-refractivity contribution in [2.45, 2.75) is 96.3 Å². The number of benzene rings is 1. The predicted octanol–water partition coefficient (Wildman–Crippen LogP) is 8.67. The summed E-state index contributed by atoms with van der Waals surface area (Å²) in [4.78, 5) is 0. The fourth-order valence-electron chi connectivity index (χ4n) is 5.60. The van der Waals surface area contributed by atoms with Crippen LogP contribution in [0.15, 0.2) is 36.4 Å². The summed E-state index contributed by atoms with van der Waals surface area (Å²) in [6, 6.07) is 9.46. The van der Waals surface area contributed by atoms with Crippen molar-refractivity contribution < 1.29 is 8.78 Å². The van der Waals surface area contributed by atoms with Crippen LogP contribution in [0.4, 0.5) is 8.78 Å². The molecule has 0 radical (unpaired) electrons. The Morgan fingerprint density at radius 1 is 0.821 bits per heavy atom. The maximum Gasteiger partial charge on any atom is 0.266 e. The van der Waals surface area contributed by atoms with Gasteiger partial charge in [0.1, 0.15) is 0 Å². The summed E-state index contributed by atoms with van der Waals surface area (Å²) in [5.74, 6) is 2.45. The van der Waals surface area contributed by atoms with Crippen molar-refractivity contribution in [2.75, 3.05) is 0 Å². The van der Waals surface area contributed by atoms with Gasteiger partial charge in [0.25, 0.3) is 6.08 Å². The molecule has 1 aromatic carbocycles. The van der Waals surface area contributed by atoms with Gasteiger partial charge in [-0.1, -0.05) is 50.5 Å². The van der Waals surface area contributed by atoms with Crippen LogP contribution < -0.4 is 0 Å². The topological polar surface area (TPSA) is 0 Å². The Morgan fingerprint density at radius 3 is 2.00 bits per heavy atom. The van der Waals surface area contributed by atoms with Gasteiger partial charge in [-0.2, -0.15) is 8.78 Å². The van der Waals surface area contributed by atoms with Crippen LogP contribution in [0, 0.1) is 17.8 Å². The van der Waals surface area contributed by atoms with Crippen molar-refractivity contribution in [1.82, 2.24) is 0 Å². The predicted molar refractivity (Wildman–Crippen MR) is 115 cm³/mol. The maximum atomic E-state index is 12.5. The third kappa shape index (κ3) is 6.42. The lowest BCUT2D eigenvalue weighted by Gasteiger charge is -2.37. The van der Waals surface area contributed by atoms with Gasteiger partial charge in [0, 0.05) is 0 Å². The number of rotatable bonds is 8. The van der Waals surface area contributed by atoms with E-state index in [0.717, 1.165) is 43.4 Å². The summed E-state index contributed by atoms with van der Waals surface area (Å²) in [6.45, 7) is 2.26. The lowest BCUT2D eigenvalue weighted by atomic mass is 9.68. The van der Waals surface area contributed by atoms with Crippen molar-refractivity contribution >= 4 is 0 Å². The molecule has 0 unspecified atom stereocenters. The summed E-state index contributed by atoms with van der Waals surface area (Å²) < 4.78 is 24.9. The molecule has 2 saturated carbocycles. The standard InChI is InChI=1S/C26H38F2/c1-2-3-4-5-6-20-7-11-22(12-8-20)24-15-17-25(18-16-24)23-13-9-21(10-14-23)19-26(27)28/h7-8,11-12,19,21,23-25H,2-6,9-10,13-18H2,1H3/t21-,23-,24-,25-. The van der Waals surface area contributed by atoms with Gasteiger partial charge < -0.3 is 0 Å². The van der Waals surface area contributed by atoms with Crippen molar-refractivity contribution in [3.05, 3.63) is 47.5 Å². The number of allylic oxidation sites excluding steroid dienone is 1. The molecule has 28 heavy (non-hydrogen) atoms. The van der Waals surface area contributed by atoms with E-state index >= 15 is 0 Å². The Kier molecular flexibility index (Phi) is 8.55. The molecule has 2 aliphatic carbocycles. The zero-order valence-electron chi connectivity index (χ0n) is 17.6. The fourth-order valence-corrected chi connectivity index (χ4v) is 5.60. The Balaban J connectivity index is 1.41. The van der Waals surface area contributed by atoms with E-state index in [1.54, 1.807) is 0 Å². The minimum atomic E-state index is -1.49. The lowest BCUT2D eigenvalue weighted by Crippen LogP contribution is -2.25. The van der Waals surface area contributed by atoms with Crippen molar-refractivity contribution in [3.63, 3.8) is 0 Å². The van der Waals surface area contributed by atoms with Gasteiger partial charge in [-0.3, -0.25) is 0 Å². The zero-order chi connectivity index (χ0) is 19.8. The van der Waals surface area contributed by atoms with Gasteiger partial charge in [0.05, 0.1) is 0 Å². The number of hydrogen-bond acceptors (Lipinski definition) is 0. The molecule has 0 nitrogen and oxygen atoms in total. The molecule has 0 amide bonds. The van der Waals surface area contributed by atoms with Gasteiger partial charge in [-0.05, 0) is 105 Å². The van der Waals surface area contributed by atoms with Crippen LogP contribution in [-0.4, -0.2) is 0 Å². The molecule has 0 atom stereocenters. The average Bonchev–Trinajstić information content (AvgIpc) is 2.72. The number of halogens is 2. The van der Waals surface area contributed by atoms with Gasteiger partial charge >= 0.3 is 0 Å². The maximum absolute atomic E-state index is 12.5. The molecular formula is C26H38F2. The molecule has 1 aromatic rings. The summed E-state index contributed by atoms with van der Waals surface area (Å²) in [7, 11) is 0. The normalized spacial score (nSPS) is 28.1. The molecule has 0 saturated heterocycles. The zero-order valence-corrected chi connectivity index (χ0v) is 17.6. The van der Waals surface area contributed by atoms with E-state index in [9.17, 15) is 8.78 Å². The Bertz CT molecular complexity index is 583. The highest BCUT2D eigenvalue weighted by molar-refractivity contribution is 5.26. The molecule has 0 N–H and O–H groups in total. The molecule has 156 valence electrons. The van der Waals surface area contributed by atoms with Crippen LogP contribution in [0.5, 0.6) is 0 Å². The van der Waals surface area contributed by atoms with E-state index < -0.39 is 6.08 Å². The van der Waals surface area contributed by atoms with Crippen LogP contribution in [0.2, 0.25) is 0 Å². The number of unbranched alkanes of at least 4 members (excludes halogenated alkanes) is 3. The van der Waals surface area contributed by atoms with Crippen LogP contribution in [0.3, 0.4) is 0 Å². The number of aryl methyl sites for hydroxylation is 1. The van der Waals surface area contributed by atoms with Gasteiger partial charge in [-0.25, -0.2) is 0 Å². The van der Waals surface area contributed by atoms with E-state index in [4.69, 9.17) is 0 Å². The molecule has 2 heteroatoms. The minimum absolute atomic E-state index is 0.123. The average molecular weight is 389 g/mol. The molecule has 2 fully saturated rings. The second-order valence-electron chi connectivity index (χ2n) is 9.30. The van der Waals surface area contributed by atoms with E-state index in [2.05, 4.69) is 31.2 Å². The van der Waals surface area contributed by atoms with Crippen molar-refractivity contribution in [1.29, 1.82) is 0 Å². The Labute approximate surface area is 170 Å². The second kappa shape index (κ2) is 11.1. The van der Waals surface area contributed by atoms with E-state index in [0.29, 0.717) is 0 Å². The van der Waals surface area contributed by atoms with Crippen molar-refractivity contribution in [2.24, 2.45) is 17.8 Å². The first-order valence-electron chi connectivity index (χ1n) is 11.8. The minimum Gasteiger partial charge on any atom is -0.174 e. The van der Waals surface area contributed by atoms with Crippen LogP contribution in [-0.2, 0) is 6.42 Å². The Morgan fingerprint density at radius 2 is 1.43 bits per heavy atom. The highest BCUT2D eigenvalue weighted by Gasteiger charge is 2.31. The van der Waals surface area contributed by atoms with Crippen LogP contribution >= 0.6 is 0 Å². The first-order valence-corrected chi connectivity index (χ1v) is 11.8. The lowest BCUT2D eigenvalue weighted by molar-refractivity contribution is 0.170. The molecule has 0 aromatic heterocycles. The van der Waals surface area contributed by atoms with Crippen molar-refractivity contribution in [3.8, 4) is 0 Å². The molecule has 3 rings (SSSR count). The monoisotopic (exact) mass is 388 g/mol. The molecule has 0 aliphatic heterocycles. The van der Waals surface area contributed by atoms with Gasteiger partial charge in [0.15, 0.2) is 0 Å².